The zero-order valence-electron chi connectivity index (χ0n) is 9.11. The minimum absolute atomic E-state index is 0.366. The lowest BCUT2D eigenvalue weighted by Gasteiger charge is -2.05. The largest absolute Gasteiger partial charge is 0.313 e. The third-order valence-electron chi connectivity index (χ3n) is 2.31. The Kier molecular flexibility index (Phi) is 6.34. The minimum Gasteiger partial charge on any atom is -0.313 e. The van der Waals surface area contributed by atoms with Gasteiger partial charge in [0.1, 0.15) is 11.6 Å². The number of rotatable bonds is 7. The molecule has 0 amide bonds. The molecule has 0 heterocycles. The van der Waals surface area contributed by atoms with E-state index in [1.54, 1.807) is 0 Å². The summed E-state index contributed by atoms with van der Waals surface area (Å²) >= 11 is 5.54. The van der Waals surface area contributed by atoms with E-state index >= 15 is 0 Å². The van der Waals surface area contributed by atoms with Crippen LogP contribution in [0.15, 0.2) is 18.2 Å². The Labute approximate surface area is 99.8 Å². The van der Waals surface area contributed by atoms with Crippen LogP contribution in [0.3, 0.4) is 0 Å². The predicted octanol–water partition coefficient (Wildman–Crippen LogP) is 3.46. The van der Waals surface area contributed by atoms with Crippen molar-refractivity contribution in [2.45, 2.75) is 25.8 Å². The molecule has 0 aromatic heterocycles. The predicted molar refractivity (Wildman–Crippen MR) is 62.6 cm³/mol. The van der Waals surface area contributed by atoms with Gasteiger partial charge >= 0.3 is 0 Å². The molecule has 0 atom stereocenters. The highest BCUT2D eigenvalue weighted by Crippen LogP contribution is 2.09. The smallest absolute Gasteiger partial charge is 0.127 e. The van der Waals surface area contributed by atoms with Crippen LogP contribution in [0.1, 0.15) is 24.8 Å². The fraction of sp³-hybridized carbons (Fsp3) is 0.500. The number of nitrogens with one attached hydrogen (secondary N) is 1. The van der Waals surface area contributed by atoms with Gasteiger partial charge in [-0.1, -0.05) is 6.42 Å². The van der Waals surface area contributed by atoms with E-state index in [9.17, 15) is 8.78 Å². The van der Waals surface area contributed by atoms with Gasteiger partial charge in [0.05, 0.1) is 0 Å². The molecule has 0 aliphatic carbocycles. The maximum absolute atomic E-state index is 13.2. The van der Waals surface area contributed by atoms with Gasteiger partial charge in [-0.15, -0.1) is 11.6 Å². The fourth-order valence-electron chi connectivity index (χ4n) is 1.42. The van der Waals surface area contributed by atoms with E-state index < -0.39 is 5.82 Å². The Morgan fingerprint density at radius 3 is 2.69 bits per heavy atom. The van der Waals surface area contributed by atoms with Gasteiger partial charge in [0.15, 0.2) is 0 Å². The second-order valence-electron chi connectivity index (χ2n) is 3.66. The van der Waals surface area contributed by atoms with Crippen molar-refractivity contribution in [1.29, 1.82) is 0 Å². The molecule has 1 aromatic carbocycles. The Balaban J connectivity index is 2.23. The van der Waals surface area contributed by atoms with Gasteiger partial charge in [-0.05, 0) is 37.6 Å². The first-order valence-corrected chi connectivity index (χ1v) is 5.98. The standard InChI is InChI=1S/C12H16ClF2N/c13-6-2-1-3-7-16-9-10-8-11(14)4-5-12(10)15/h4-5,8,16H,1-3,6-7,9H2. The Bertz CT molecular complexity index is 318. The van der Waals surface area contributed by atoms with Crippen molar-refractivity contribution >= 4 is 11.6 Å². The molecule has 1 rings (SSSR count). The molecule has 0 fully saturated rings. The average Bonchev–Trinajstić information content (AvgIpc) is 2.28. The first-order valence-electron chi connectivity index (χ1n) is 5.44. The van der Waals surface area contributed by atoms with Gasteiger partial charge < -0.3 is 5.32 Å². The number of halogens is 3. The van der Waals surface area contributed by atoms with E-state index in [1.165, 1.54) is 6.07 Å². The summed E-state index contributed by atoms with van der Waals surface area (Å²) in [6.07, 6.45) is 3.06. The number of hydrogen-bond donors (Lipinski definition) is 1. The first kappa shape index (κ1) is 13.4. The summed E-state index contributed by atoms with van der Waals surface area (Å²) in [4.78, 5) is 0. The molecule has 0 saturated carbocycles. The van der Waals surface area contributed by atoms with E-state index in [-0.39, 0.29) is 5.82 Å². The molecule has 4 heteroatoms. The van der Waals surface area contributed by atoms with Gasteiger partial charge in [0.25, 0.3) is 0 Å². The molecule has 90 valence electrons. The quantitative estimate of drug-likeness (QED) is 0.575. The summed E-state index contributed by atoms with van der Waals surface area (Å²) in [6, 6.07) is 3.50. The normalized spacial score (nSPS) is 10.7. The molecule has 0 spiro atoms. The lowest BCUT2D eigenvalue weighted by Crippen LogP contribution is -2.15. The van der Waals surface area contributed by atoms with E-state index in [0.717, 1.165) is 37.9 Å². The van der Waals surface area contributed by atoms with Crippen LogP contribution < -0.4 is 5.32 Å². The van der Waals surface area contributed by atoms with Crippen molar-refractivity contribution in [3.63, 3.8) is 0 Å². The molecule has 16 heavy (non-hydrogen) atoms. The molecule has 0 radical (unpaired) electrons. The van der Waals surface area contributed by atoms with Gasteiger partial charge in [-0.2, -0.15) is 0 Å². The number of hydrogen-bond acceptors (Lipinski definition) is 1. The van der Waals surface area contributed by atoms with E-state index in [0.29, 0.717) is 18.0 Å². The zero-order chi connectivity index (χ0) is 11.8. The average molecular weight is 248 g/mol. The number of alkyl halides is 1. The molecule has 0 bridgehead atoms. The van der Waals surface area contributed by atoms with E-state index in [2.05, 4.69) is 5.32 Å². The lowest BCUT2D eigenvalue weighted by molar-refractivity contribution is 0.560. The van der Waals surface area contributed by atoms with Crippen molar-refractivity contribution in [3.8, 4) is 0 Å². The van der Waals surface area contributed by atoms with E-state index in [1.807, 2.05) is 0 Å². The highest BCUT2D eigenvalue weighted by molar-refractivity contribution is 6.17. The van der Waals surface area contributed by atoms with Crippen molar-refractivity contribution < 1.29 is 8.78 Å². The van der Waals surface area contributed by atoms with Crippen LogP contribution in [0.25, 0.3) is 0 Å². The Morgan fingerprint density at radius 2 is 1.94 bits per heavy atom. The van der Waals surface area contributed by atoms with Gasteiger partial charge in [0, 0.05) is 18.0 Å². The molecule has 0 saturated heterocycles. The monoisotopic (exact) mass is 247 g/mol. The van der Waals surface area contributed by atoms with Crippen LogP contribution in [0.5, 0.6) is 0 Å². The van der Waals surface area contributed by atoms with E-state index in [4.69, 9.17) is 11.6 Å². The molecular formula is C12H16ClF2N. The van der Waals surface area contributed by atoms with Crippen LogP contribution in [0, 0.1) is 11.6 Å². The Morgan fingerprint density at radius 1 is 1.12 bits per heavy atom. The summed E-state index contributed by atoms with van der Waals surface area (Å²) in [5.74, 6) is -0.0894. The fourth-order valence-corrected chi connectivity index (χ4v) is 1.61. The van der Waals surface area contributed by atoms with Crippen LogP contribution in [-0.4, -0.2) is 12.4 Å². The summed E-state index contributed by atoms with van der Waals surface area (Å²) in [7, 11) is 0. The SMILES string of the molecule is Fc1ccc(F)c(CNCCCCCCl)c1. The van der Waals surface area contributed by atoms with Gasteiger partial charge in [-0.3, -0.25) is 0 Å². The summed E-state index contributed by atoms with van der Waals surface area (Å²) in [5, 5.41) is 3.08. The van der Waals surface area contributed by atoms with Crippen molar-refractivity contribution in [1.82, 2.24) is 5.32 Å². The highest BCUT2D eigenvalue weighted by atomic mass is 35.5. The maximum Gasteiger partial charge on any atom is 0.127 e. The molecule has 1 nitrogen and oxygen atoms in total. The zero-order valence-corrected chi connectivity index (χ0v) is 9.86. The lowest BCUT2D eigenvalue weighted by atomic mass is 10.2. The van der Waals surface area contributed by atoms with Crippen LogP contribution >= 0.6 is 11.6 Å². The van der Waals surface area contributed by atoms with Gasteiger partial charge in [-0.25, -0.2) is 8.78 Å². The van der Waals surface area contributed by atoms with Crippen LogP contribution in [0.4, 0.5) is 8.78 Å². The Hall–Kier alpha value is -0.670. The number of unbranched alkanes of at least 4 members (excludes halogenated alkanes) is 2. The summed E-state index contributed by atoms with van der Waals surface area (Å²) in [5.41, 5.74) is 0.373. The first-order chi connectivity index (χ1) is 7.74. The van der Waals surface area contributed by atoms with Crippen LogP contribution in [0.2, 0.25) is 0 Å². The van der Waals surface area contributed by atoms with Crippen molar-refractivity contribution in [2.75, 3.05) is 12.4 Å². The highest BCUT2D eigenvalue weighted by Gasteiger charge is 2.02. The molecule has 1 aromatic rings. The minimum atomic E-state index is -0.402. The second-order valence-corrected chi connectivity index (χ2v) is 4.04. The molecule has 1 N–H and O–H groups in total. The number of benzene rings is 1. The molecule has 0 aliphatic heterocycles. The van der Waals surface area contributed by atoms with Crippen LogP contribution in [-0.2, 0) is 6.54 Å². The maximum atomic E-state index is 13.2. The molecular weight excluding hydrogens is 232 g/mol. The molecule has 0 unspecified atom stereocenters. The molecule has 0 aliphatic rings. The van der Waals surface area contributed by atoms with Crippen molar-refractivity contribution in [2.24, 2.45) is 0 Å². The van der Waals surface area contributed by atoms with Gasteiger partial charge in [0.2, 0.25) is 0 Å². The van der Waals surface area contributed by atoms with Crippen molar-refractivity contribution in [3.05, 3.63) is 35.4 Å². The summed E-state index contributed by atoms with van der Waals surface area (Å²) < 4.78 is 26.0. The third kappa shape index (κ3) is 4.90. The second kappa shape index (κ2) is 7.58. The third-order valence-corrected chi connectivity index (χ3v) is 2.58. The summed E-state index contributed by atoms with van der Waals surface area (Å²) in [6.45, 7) is 1.16. The topological polar surface area (TPSA) is 12.0 Å².